The minimum Gasteiger partial charge on any atom is -0.481 e. The standard InChI is InChI=1S/C21H17ClN2O5/c22-14-6-7-16-15(10-14)21(19(28)23(16)9-8-18(26)27)11-17(25)24(20(21)29)12-13-4-2-1-3-5-13/h1-7,10H,8-9,11-12H2,(H,26,27). The summed E-state index contributed by atoms with van der Waals surface area (Å²) in [5, 5.41) is 9.35. The number of carboxylic acid groups (broad SMARTS) is 1. The Morgan fingerprint density at radius 3 is 2.41 bits per heavy atom. The highest BCUT2D eigenvalue weighted by atomic mass is 35.5. The van der Waals surface area contributed by atoms with Gasteiger partial charge in [-0.3, -0.25) is 24.1 Å². The zero-order chi connectivity index (χ0) is 20.8. The molecule has 1 fully saturated rings. The Morgan fingerprint density at radius 1 is 1.03 bits per heavy atom. The van der Waals surface area contributed by atoms with Gasteiger partial charge in [0.25, 0.3) is 0 Å². The molecule has 0 aromatic heterocycles. The SMILES string of the molecule is O=C(O)CCN1C(=O)C2(CC(=O)N(Cc3ccccc3)C2=O)c2cc(Cl)ccc21. The number of imide groups is 1. The fourth-order valence-electron chi connectivity index (χ4n) is 4.01. The molecule has 8 heteroatoms. The Hall–Kier alpha value is -3.19. The number of hydrogen-bond acceptors (Lipinski definition) is 4. The maximum Gasteiger partial charge on any atom is 0.305 e. The molecule has 1 spiro atoms. The second kappa shape index (κ2) is 7.00. The first-order valence-corrected chi connectivity index (χ1v) is 9.45. The molecule has 3 amide bonds. The van der Waals surface area contributed by atoms with Crippen LogP contribution in [0.1, 0.15) is 24.0 Å². The lowest BCUT2D eigenvalue weighted by Gasteiger charge is -2.22. The van der Waals surface area contributed by atoms with Crippen molar-refractivity contribution < 1.29 is 24.3 Å². The van der Waals surface area contributed by atoms with E-state index < -0.39 is 29.1 Å². The summed E-state index contributed by atoms with van der Waals surface area (Å²) >= 11 is 6.12. The molecule has 0 aliphatic carbocycles. The minimum atomic E-state index is -1.69. The van der Waals surface area contributed by atoms with Crippen molar-refractivity contribution in [2.75, 3.05) is 11.4 Å². The van der Waals surface area contributed by atoms with E-state index in [0.29, 0.717) is 16.3 Å². The van der Waals surface area contributed by atoms with Crippen LogP contribution in [0.4, 0.5) is 5.69 Å². The van der Waals surface area contributed by atoms with Crippen molar-refractivity contribution in [1.82, 2.24) is 4.90 Å². The molecule has 2 aromatic rings. The summed E-state index contributed by atoms with van der Waals surface area (Å²) in [5.41, 5.74) is -0.145. The molecule has 2 heterocycles. The zero-order valence-electron chi connectivity index (χ0n) is 15.3. The molecule has 2 aliphatic rings. The summed E-state index contributed by atoms with van der Waals surface area (Å²) in [6, 6.07) is 13.7. The minimum absolute atomic E-state index is 0.0680. The lowest BCUT2D eigenvalue weighted by atomic mass is 9.80. The summed E-state index contributed by atoms with van der Waals surface area (Å²) in [4.78, 5) is 52.9. The summed E-state index contributed by atoms with van der Waals surface area (Å²) in [5.74, 6) is -2.69. The summed E-state index contributed by atoms with van der Waals surface area (Å²) < 4.78 is 0. The van der Waals surface area contributed by atoms with Crippen LogP contribution in [0.3, 0.4) is 0 Å². The number of carboxylic acids is 1. The van der Waals surface area contributed by atoms with Crippen LogP contribution >= 0.6 is 11.6 Å². The fourth-order valence-corrected chi connectivity index (χ4v) is 4.19. The van der Waals surface area contributed by atoms with E-state index in [9.17, 15) is 19.2 Å². The van der Waals surface area contributed by atoms with Crippen LogP contribution in [0.5, 0.6) is 0 Å². The van der Waals surface area contributed by atoms with Crippen molar-refractivity contribution >= 4 is 41.0 Å². The quantitative estimate of drug-likeness (QED) is 0.601. The molecule has 0 saturated carbocycles. The first kappa shape index (κ1) is 19.1. The van der Waals surface area contributed by atoms with Crippen LogP contribution < -0.4 is 4.90 Å². The van der Waals surface area contributed by atoms with Crippen LogP contribution in [-0.2, 0) is 31.1 Å². The Labute approximate surface area is 171 Å². The zero-order valence-corrected chi connectivity index (χ0v) is 16.1. The van der Waals surface area contributed by atoms with Gasteiger partial charge in [-0.2, -0.15) is 0 Å². The van der Waals surface area contributed by atoms with E-state index in [1.54, 1.807) is 36.4 Å². The second-order valence-electron chi connectivity index (χ2n) is 7.11. The van der Waals surface area contributed by atoms with E-state index in [0.717, 1.165) is 10.5 Å². The third-order valence-corrected chi connectivity index (χ3v) is 5.61. The first-order chi connectivity index (χ1) is 13.8. The van der Waals surface area contributed by atoms with Gasteiger partial charge in [0.05, 0.1) is 19.4 Å². The van der Waals surface area contributed by atoms with E-state index in [4.69, 9.17) is 16.7 Å². The number of aliphatic carboxylic acids is 1. The van der Waals surface area contributed by atoms with Crippen molar-refractivity contribution in [2.24, 2.45) is 0 Å². The molecular weight excluding hydrogens is 396 g/mol. The van der Waals surface area contributed by atoms with Gasteiger partial charge in [0.1, 0.15) is 0 Å². The van der Waals surface area contributed by atoms with Gasteiger partial charge in [0.2, 0.25) is 17.7 Å². The van der Waals surface area contributed by atoms with Crippen LogP contribution in [0.25, 0.3) is 0 Å². The van der Waals surface area contributed by atoms with Gasteiger partial charge in [-0.25, -0.2) is 0 Å². The number of carbonyl (C=O) groups is 4. The molecule has 148 valence electrons. The van der Waals surface area contributed by atoms with Crippen LogP contribution in [0, 0.1) is 0 Å². The molecule has 0 radical (unpaired) electrons. The summed E-state index contributed by atoms with van der Waals surface area (Å²) in [6.45, 7) is -0.0245. The Bertz CT molecular complexity index is 1040. The van der Waals surface area contributed by atoms with Gasteiger partial charge in [0.15, 0.2) is 5.41 Å². The highest BCUT2D eigenvalue weighted by Crippen LogP contribution is 2.49. The molecule has 29 heavy (non-hydrogen) atoms. The number of anilines is 1. The van der Waals surface area contributed by atoms with Crippen molar-refractivity contribution in [3.63, 3.8) is 0 Å². The number of carbonyl (C=O) groups excluding carboxylic acids is 3. The number of hydrogen-bond donors (Lipinski definition) is 1. The smallest absolute Gasteiger partial charge is 0.305 e. The topological polar surface area (TPSA) is 95.0 Å². The van der Waals surface area contributed by atoms with E-state index in [1.165, 1.54) is 11.0 Å². The predicted molar refractivity (Wildman–Crippen MR) is 104 cm³/mol. The molecule has 2 aromatic carbocycles. The lowest BCUT2D eigenvalue weighted by molar-refractivity contribution is -0.142. The fraction of sp³-hybridized carbons (Fsp3) is 0.238. The van der Waals surface area contributed by atoms with Gasteiger partial charge in [-0.15, -0.1) is 0 Å². The first-order valence-electron chi connectivity index (χ1n) is 9.07. The third-order valence-electron chi connectivity index (χ3n) is 5.38. The highest BCUT2D eigenvalue weighted by molar-refractivity contribution is 6.32. The van der Waals surface area contributed by atoms with Crippen molar-refractivity contribution in [3.8, 4) is 0 Å². The number of halogens is 1. The van der Waals surface area contributed by atoms with E-state index in [-0.39, 0.29) is 25.9 Å². The largest absolute Gasteiger partial charge is 0.481 e. The number of rotatable bonds is 5. The maximum absolute atomic E-state index is 13.4. The molecule has 1 atom stereocenters. The van der Waals surface area contributed by atoms with Gasteiger partial charge >= 0.3 is 5.97 Å². The molecule has 7 nitrogen and oxygen atoms in total. The van der Waals surface area contributed by atoms with Crippen molar-refractivity contribution in [1.29, 1.82) is 0 Å². The average molecular weight is 413 g/mol. The number of benzene rings is 2. The molecule has 2 aliphatic heterocycles. The van der Waals surface area contributed by atoms with Gasteiger partial charge in [0, 0.05) is 22.8 Å². The summed E-state index contributed by atoms with van der Waals surface area (Å²) in [7, 11) is 0. The van der Waals surface area contributed by atoms with Gasteiger partial charge < -0.3 is 10.0 Å². The maximum atomic E-state index is 13.4. The number of likely N-dealkylation sites (tertiary alicyclic amines) is 1. The highest BCUT2D eigenvalue weighted by Gasteiger charge is 2.63. The Kier molecular flexibility index (Phi) is 4.62. The monoisotopic (exact) mass is 412 g/mol. The van der Waals surface area contributed by atoms with E-state index in [2.05, 4.69) is 0 Å². The average Bonchev–Trinajstić information content (AvgIpc) is 3.07. The van der Waals surface area contributed by atoms with Crippen LogP contribution in [0.2, 0.25) is 5.02 Å². The molecule has 1 N–H and O–H groups in total. The van der Waals surface area contributed by atoms with Crippen molar-refractivity contribution in [3.05, 3.63) is 64.7 Å². The summed E-state index contributed by atoms with van der Waals surface area (Å²) in [6.07, 6.45) is -0.575. The molecular formula is C21H17ClN2O5. The molecule has 1 unspecified atom stereocenters. The number of fused-ring (bicyclic) bond motifs is 2. The predicted octanol–water partition coefficient (Wildman–Crippen LogP) is 2.36. The number of nitrogens with zero attached hydrogens (tertiary/aromatic N) is 2. The lowest BCUT2D eigenvalue weighted by Crippen LogP contribution is -2.46. The Balaban J connectivity index is 1.75. The number of amides is 3. The normalized spacial score (nSPS) is 20.7. The molecule has 4 rings (SSSR count). The third kappa shape index (κ3) is 2.98. The van der Waals surface area contributed by atoms with Crippen molar-refractivity contribution in [2.45, 2.75) is 24.8 Å². The van der Waals surface area contributed by atoms with Gasteiger partial charge in [-0.05, 0) is 23.8 Å². The van der Waals surface area contributed by atoms with Crippen LogP contribution in [0.15, 0.2) is 48.5 Å². The molecule has 0 bridgehead atoms. The second-order valence-corrected chi connectivity index (χ2v) is 7.55. The van der Waals surface area contributed by atoms with E-state index >= 15 is 0 Å². The Morgan fingerprint density at radius 2 is 1.72 bits per heavy atom. The van der Waals surface area contributed by atoms with E-state index in [1.807, 2.05) is 6.07 Å². The molecule has 1 saturated heterocycles. The van der Waals surface area contributed by atoms with Gasteiger partial charge in [-0.1, -0.05) is 41.9 Å². The van der Waals surface area contributed by atoms with Crippen LogP contribution in [-0.4, -0.2) is 40.2 Å².